The number of amides is 1. The van der Waals surface area contributed by atoms with Gasteiger partial charge < -0.3 is 40.3 Å². The van der Waals surface area contributed by atoms with E-state index >= 15 is 0 Å². The Morgan fingerprint density at radius 2 is 1.00 bits per heavy atom. The van der Waals surface area contributed by atoms with Crippen LogP contribution in [0.3, 0.4) is 0 Å². The first-order valence-electron chi connectivity index (χ1n) is 28.8. The van der Waals surface area contributed by atoms with Gasteiger partial charge in [-0.3, -0.25) is 9.35 Å². The second kappa shape index (κ2) is 46.1. The summed E-state index contributed by atoms with van der Waals surface area (Å²) < 4.78 is 47.8. The Morgan fingerprint density at radius 3 is 1.43 bits per heavy atom. The van der Waals surface area contributed by atoms with Crippen molar-refractivity contribution in [3.8, 4) is 0 Å². The monoisotopic (exact) mass is 1020 g/mol. The normalized spacial score (nSPS) is 20.1. The molecule has 1 rings (SSSR count). The average Bonchev–Trinajstić information content (AvgIpc) is 3.33. The quantitative estimate of drug-likeness (QED) is 0.0172. The minimum absolute atomic E-state index is 0.261. The van der Waals surface area contributed by atoms with Crippen molar-refractivity contribution in [3.63, 3.8) is 0 Å². The number of carbonyl (C=O) groups is 1. The van der Waals surface area contributed by atoms with Gasteiger partial charge in [0.1, 0.15) is 30.5 Å². The number of unbranched alkanes of at least 4 members (excludes halogenated alkanes) is 33. The highest BCUT2D eigenvalue weighted by Crippen LogP contribution is 2.26. The molecule has 1 amide bonds. The minimum atomic E-state index is -5.11. The lowest BCUT2D eigenvalue weighted by atomic mass is 9.99. The van der Waals surface area contributed by atoms with Crippen LogP contribution in [0, 0.1) is 0 Å². The molecule has 13 nitrogen and oxygen atoms in total. The van der Waals surface area contributed by atoms with Crippen molar-refractivity contribution >= 4 is 16.3 Å². The van der Waals surface area contributed by atoms with E-state index in [9.17, 15) is 43.3 Å². The molecule has 8 atom stereocenters. The van der Waals surface area contributed by atoms with E-state index in [1.54, 1.807) is 0 Å². The van der Waals surface area contributed by atoms with Gasteiger partial charge in [-0.05, 0) is 38.5 Å². The zero-order valence-corrected chi connectivity index (χ0v) is 45.3. The highest BCUT2D eigenvalue weighted by molar-refractivity contribution is 7.80. The van der Waals surface area contributed by atoms with E-state index in [-0.39, 0.29) is 6.42 Å². The predicted molar refractivity (Wildman–Crippen MR) is 284 cm³/mol. The van der Waals surface area contributed by atoms with Gasteiger partial charge in [0.2, 0.25) is 5.91 Å². The van der Waals surface area contributed by atoms with Crippen molar-refractivity contribution in [2.45, 2.75) is 313 Å². The third kappa shape index (κ3) is 37.3. The fourth-order valence-corrected chi connectivity index (χ4v) is 9.90. The molecule has 1 aliphatic rings. The van der Waals surface area contributed by atoms with Gasteiger partial charge in [0.15, 0.2) is 6.29 Å². The predicted octanol–water partition coefficient (Wildman–Crippen LogP) is 12.2. The summed E-state index contributed by atoms with van der Waals surface area (Å²) in [6, 6.07) is -1.03. The van der Waals surface area contributed by atoms with Gasteiger partial charge in [-0.1, -0.05) is 250 Å². The molecule has 70 heavy (non-hydrogen) atoms. The second-order valence-electron chi connectivity index (χ2n) is 20.3. The Balaban J connectivity index is 2.41. The molecule has 8 unspecified atom stereocenters. The van der Waals surface area contributed by atoms with E-state index in [1.165, 1.54) is 173 Å². The topological polar surface area (TPSA) is 212 Å². The molecule has 1 fully saturated rings. The fraction of sp³-hybridized carbons (Fsp3) is 0.911. The number of aliphatic hydroxyl groups is 5. The number of ether oxygens (including phenoxy) is 2. The largest absolute Gasteiger partial charge is 0.397 e. The smallest absolute Gasteiger partial charge is 0.394 e. The van der Waals surface area contributed by atoms with E-state index in [2.05, 4.69) is 47.7 Å². The molecule has 14 heteroatoms. The van der Waals surface area contributed by atoms with Crippen LogP contribution in [0.15, 0.2) is 24.3 Å². The second-order valence-corrected chi connectivity index (χ2v) is 21.4. The van der Waals surface area contributed by atoms with Crippen LogP contribution in [0.1, 0.15) is 264 Å². The lowest BCUT2D eigenvalue weighted by molar-refractivity contribution is -0.298. The number of aliphatic hydroxyl groups excluding tert-OH is 5. The molecule has 7 N–H and O–H groups in total. The van der Waals surface area contributed by atoms with Crippen molar-refractivity contribution in [3.05, 3.63) is 24.3 Å². The van der Waals surface area contributed by atoms with Gasteiger partial charge in [0.25, 0.3) is 0 Å². The number of hydrogen-bond donors (Lipinski definition) is 7. The van der Waals surface area contributed by atoms with Gasteiger partial charge in [-0.2, -0.15) is 8.42 Å². The van der Waals surface area contributed by atoms with Crippen molar-refractivity contribution in [2.75, 3.05) is 13.2 Å². The highest BCUT2D eigenvalue weighted by atomic mass is 32.3. The number of nitrogens with one attached hydrogen (secondary N) is 1. The van der Waals surface area contributed by atoms with Crippen molar-refractivity contribution < 1.29 is 57.0 Å². The maximum absolute atomic E-state index is 13.2. The number of rotatable bonds is 50. The molecule has 0 aromatic heterocycles. The molecule has 0 aromatic carbocycles. The van der Waals surface area contributed by atoms with E-state index in [1.807, 2.05) is 0 Å². The average molecular weight is 1020 g/mol. The Bertz CT molecular complexity index is 1350. The number of allylic oxidation sites excluding steroid dienone is 4. The summed E-state index contributed by atoms with van der Waals surface area (Å²) in [6.07, 6.45) is 43.5. The summed E-state index contributed by atoms with van der Waals surface area (Å²) in [5, 5.41) is 55.7. The van der Waals surface area contributed by atoms with Gasteiger partial charge in [-0.15, -0.1) is 0 Å². The zero-order valence-electron chi connectivity index (χ0n) is 44.5. The molecule has 0 spiro atoms. The summed E-state index contributed by atoms with van der Waals surface area (Å²) in [4.78, 5) is 13.2. The van der Waals surface area contributed by atoms with Crippen LogP contribution in [0.25, 0.3) is 0 Å². The van der Waals surface area contributed by atoms with Crippen LogP contribution in [-0.4, -0.2) is 107 Å². The Labute approximate surface area is 427 Å². The molecular formula is C56H107NO12S. The first kappa shape index (κ1) is 66.6. The van der Waals surface area contributed by atoms with Crippen LogP contribution < -0.4 is 5.32 Å². The molecule has 0 saturated carbocycles. The van der Waals surface area contributed by atoms with Crippen LogP contribution >= 0.6 is 0 Å². The summed E-state index contributed by atoms with van der Waals surface area (Å²) in [7, 11) is -5.11. The molecule has 0 bridgehead atoms. The van der Waals surface area contributed by atoms with Crippen molar-refractivity contribution in [2.24, 2.45) is 0 Å². The Hall–Kier alpha value is -1.46. The molecular weight excluding hydrogens is 911 g/mol. The highest BCUT2D eigenvalue weighted by Gasteiger charge is 2.48. The molecule has 0 aromatic rings. The molecule has 1 aliphatic heterocycles. The van der Waals surface area contributed by atoms with Crippen LogP contribution in [0.5, 0.6) is 0 Å². The Kier molecular flexibility index (Phi) is 43.8. The Morgan fingerprint density at radius 1 is 0.586 bits per heavy atom. The molecule has 1 heterocycles. The van der Waals surface area contributed by atoms with Gasteiger partial charge in [-0.25, -0.2) is 4.18 Å². The fourth-order valence-electron chi connectivity index (χ4n) is 9.39. The van der Waals surface area contributed by atoms with Crippen LogP contribution in [0.4, 0.5) is 0 Å². The van der Waals surface area contributed by atoms with E-state index in [0.29, 0.717) is 19.3 Å². The number of hydrogen-bond acceptors (Lipinski definition) is 11. The zero-order chi connectivity index (χ0) is 51.3. The summed E-state index contributed by atoms with van der Waals surface area (Å²) in [6.45, 7) is 3.22. The maximum Gasteiger partial charge on any atom is 0.397 e. The third-order valence-corrected chi connectivity index (χ3v) is 14.3. The SMILES string of the molecule is CC/C=C\C/C=C\CCCCCCCCCCCCCCCC(O)C(=O)NC(COC1OC(CO)C(O)C(OS(=O)(=O)O)C1O)C(O)CCCCCCCCCCCCCCCCCCCCCCC. The summed E-state index contributed by atoms with van der Waals surface area (Å²) >= 11 is 0. The minimum Gasteiger partial charge on any atom is -0.394 e. The van der Waals surface area contributed by atoms with Crippen LogP contribution in [-0.2, 0) is 28.9 Å². The molecule has 0 aliphatic carbocycles. The van der Waals surface area contributed by atoms with E-state index in [0.717, 1.165) is 51.4 Å². The van der Waals surface area contributed by atoms with Gasteiger partial charge in [0.05, 0.1) is 25.4 Å². The number of carbonyl (C=O) groups excluding carboxylic acids is 1. The van der Waals surface area contributed by atoms with Gasteiger partial charge in [0, 0.05) is 0 Å². The van der Waals surface area contributed by atoms with E-state index in [4.69, 9.17) is 9.47 Å². The van der Waals surface area contributed by atoms with Gasteiger partial charge >= 0.3 is 10.4 Å². The van der Waals surface area contributed by atoms with Crippen LogP contribution in [0.2, 0.25) is 0 Å². The summed E-state index contributed by atoms with van der Waals surface area (Å²) in [5.41, 5.74) is 0. The third-order valence-electron chi connectivity index (χ3n) is 13.9. The first-order valence-corrected chi connectivity index (χ1v) is 30.2. The van der Waals surface area contributed by atoms with Crippen molar-refractivity contribution in [1.29, 1.82) is 0 Å². The standard InChI is InChI=1S/C56H107NO12S/c1-3-5-7-9-11-13-15-17-19-21-23-25-27-28-30-32-34-36-38-40-42-44-49(59)48(47-67-56-53(62)54(69-70(64,65)66)52(61)51(46-58)68-56)57-55(63)50(60)45-43-41-39-37-35-33-31-29-26-24-22-20-18-16-14-12-10-8-6-4-2/h6,8,12,14,48-54,56,58-62H,3-5,7,9-11,13,15-47H2,1-2H3,(H,57,63)(H,64,65,66)/b8-6-,14-12-. The molecule has 414 valence electrons. The van der Waals surface area contributed by atoms with Crippen molar-refractivity contribution in [1.82, 2.24) is 5.32 Å². The first-order chi connectivity index (χ1) is 33.9. The summed E-state index contributed by atoms with van der Waals surface area (Å²) in [5.74, 6) is -0.667. The maximum atomic E-state index is 13.2. The van der Waals surface area contributed by atoms with E-state index < -0.39 is 78.5 Å². The lowest BCUT2D eigenvalue weighted by Crippen LogP contribution is -2.61. The molecule has 0 radical (unpaired) electrons. The lowest BCUT2D eigenvalue weighted by Gasteiger charge is -2.41. The molecule has 1 saturated heterocycles.